The Morgan fingerprint density at radius 3 is 2.12 bits per heavy atom. The Morgan fingerprint density at radius 2 is 1.75 bits per heavy atom. The Balaban J connectivity index is 4.18. The van der Waals surface area contributed by atoms with Crippen molar-refractivity contribution in [3.63, 3.8) is 0 Å². The van der Waals surface area contributed by atoms with Crippen LogP contribution in [0.1, 0.15) is 47.0 Å². The van der Waals surface area contributed by atoms with Crippen molar-refractivity contribution in [1.82, 2.24) is 4.90 Å². The Labute approximate surface area is 101 Å². The highest BCUT2D eigenvalue weighted by Gasteiger charge is 2.16. The van der Waals surface area contributed by atoms with Crippen LogP contribution in [0.25, 0.3) is 0 Å². The molecule has 16 heavy (non-hydrogen) atoms. The molecule has 98 valence electrons. The minimum Gasteiger partial charge on any atom is -0.395 e. The lowest BCUT2D eigenvalue weighted by molar-refractivity contribution is 0.152. The van der Waals surface area contributed by atoms with E-state index in [1.54, 1.807) is 0 Å². The number of aliphatic hydroxyl groups is 1. The van der Waals surface area contributed by atoms with Gasteiger partial charge in [0, 0.05) is 18.6 Å². The lowest BCUT2D eigenvalue weighted by atomic mass is 10.1. The molecular weight excluding hydrogens is 200 g/mol. The van der Waals surface area contributed by atoms with Gasteiger partial charge in [-0.1, -0.05) is 27.7 Å². The SMILES string of the molecule is CCC(CC)N(CCC(N)CO)CC(C)C. The zero-order valence-corrected chi connectivity index (χ0v) is 11.4. The van der Waals surface area contributed by atoms with Crippen molar-refractivity contribution in [2.45, 2.75) is 59.0 Å². The van der Waals surface area contributed by atoms with Crippen molar-refractivity contribution >= 4 is 0 Å². The molecule has 0 saturated carbocycles. The van der Waals surface area contributed by atoms with Crippen molar-refractivity contribution in [1.29, 1.82) is 0 Å². The van der Waals surface area contributed by atoms with Gasteiger partial charge in [-0.2, -0.15) is 0 Å². The molecule has 3 N–H and O–H groups in total. The minimum atomic E-state index is -0.0657. The van der Waals surface area contributed by atoms with E-state index in [9.17, 15) is 0 Å². The molecule has 0 spiro atoms. The second-order valence-electron chi connectivity index (χ2n) is 5.09. The van der Waals surface area contributed by atoms with Crippen LogP contribution in [-0.4, -0.2) is 41.8 Å². The zero-order chi connectivity index (χ0) is 12.6. The van der Waals surface area contributed by atoms with Crippen LogP contribution in [0.5, 0.6) is 0 Å². The van der Waals surface area contributed by atoms with Gasteiger partial charge in [0.1, 0.15) is 0 Å². The predicted molar refractivity (Wildman–Crippen MR) is 70.5 cm³/mol. The smallest absolute Gasteiger partial charge is 0.0583 e. The van der Waals surface area contributed by atoms with Gasteiger partial charge in [-0.3, -0.25) is 0 Å². The van der Waals surface area contributed by atoms with E-state index in [4.69, 9.17) is 10.8 Å². The van der Waals surface area contributed by atoms with Gasteiger partial charge >= 0.3 is 0 Å². The average molecular weight is 230 g/mol. The monoisotopic (exact) mass is 230 g/mol. The van der Waals surface area contributed by atoms with Gasteiger partial charge in [0.15, 0.2) is 0 Å². The van der Waals surface area contributed by atoms with Crippen LogP contribution in [0.4, 0.5) is 0 Å². The van der Waals surface area contributed by atoms with E-state index in [1.807, 2.05) is 0 Å². The van der Waals surface area contributed by atoms with Crippen LogP contribution in [0.3, 0.4) is 0 Å². The maximum Gasteiger partial charge on any atom is 0.0583 e. The lowest BCUT2D eigenvalue weighted by Gasteiger charge is -2.32. The van der Waals surface area contributed by atoms with Crippen LogP contribution in [0.15, 0.2) is 0 Å². The van der Waals surface area contributed by atoms with E-state index in [0.29, 0.717) is 12.0 Å². The van der Waals surface area contributed by atoms with Crippen LogP contribution in [-0.2, 0) is 0 Å². The molecule has 0 rings (SSSR count). The number of hydrogen-bond donors (Lipinski definition) is 2. The second kappa shape index (κ2) is 8.97. The van der Waals surface area contributed by atoms with Gasteiger partial charge in [-0.05, 0) is 31.7 Å². The number of nitrogens with zero attached hydrogens (tertiary/aromatic N) is 1. The van der Waals surface area contributed by atoms with E-state index >= 15 is 0 Å². The number of rotatable bonds is 9. The maximum absolute atomic E-state index is 8.94. The highest BCUT2D eigenvalue weighted by Crippen LogP contribution is 2.12. The van der Waals surface area contributed by atoms with Gasteiger partial charge in [0.2, 0.25) is 0 Å². The molecule has 0 aliphatic heterocycles. The summed E-state index contributed by atoms with van der Waals surface area (Å²) >= 11 is 0. The zero-order valence-electron chi connectivity index (χ0n) is 11.4. The molecule has 3 nitrogen and oxygen atoms in total. The molecule has 0 bridgehead atoms. The minimum absolute atomic E-state index is 0.0657. The largest absolute Gasteiger partial charge is 0.395 e. The van der Waals surface area contributed by atoms with Gasteiger partial charge in [0.25, 0.3) is 0 Å². The second-order valence-corrected chi connectivity index (χ2v) is 5.09. The standard InChI is InChI=1S/C13H30N2O/c1-5-13(6-2)15(9-11(3)4)8-7-12(14)10-16/h11-13,16H,5-10,14H2,1-4H3. The molecule has 0 aromatic carbocycles. The third-order valence-electron chi connectivity index (χ3n) is 3.08. The summed E-state index contributed by atoms with van der Waals surface area (Å²) in [6.45, 7) is 11.2. The molecule has 3 heteroatoms. The van der Waals surface area contributed by atoms with E-state index in [-0.39, 0.29) is 12.6 Å². The molecule has 0 aromatic heterocycles. The number of hydrogen-bond acceptors (Lipinski definition) is 3. The van der Waals surface area contributed by atoms with Crippen LogP contribution in [0.2, 0.25) is 0 Å². The Kier molecular flexibility index (Phi) is 8.90. The topological polar surface area (TPSA) is 49.5 Å². The number of nitrogens with two attached hydrogens (primary N) is 1. The molecular formula is C13H30N2O. The van der Waals surface area contributed by atoms with E-state index in [0.717, 1.165) is 19.5 Å². The quantitative estimate of drug-likeness (QED) is 0.635. The fraction of sp³-hybridized carbons (Fsp3) is 1.00. The van der Waals surface area contributed by atoms with Crippen LogP contribution < -0.4 is 5.73 Å². The lowest BCUT2D eigenvalue weighted by Crippen LogP contribution is -2.40. The van der Waals surface area contributed by atoms with Gasteiger partial charge in [-0.15, -0.1) is 0 Å². The molecule has 1 atom stereocenters. The fourth-order valence-corrected chi connectivity index (χ4v) is 2.12. The highest BCUT2D eigenvalue weighted by molar-refractivity contribution is 4.72. The Hall–Kier alpha value is -0.120. The Morgan fingerprint density at radius 1 is 1.19 bits per heavy atom. The summed E-state index contributed by atoms with van der Waals surface area (Å²) in [6.07, 6.45) is 3.27. The molecule has 1 unspecified atom stereocenters. The first-order valence-electron chi connectivity index (χ1n) is 6.65. The van der Waals surface area contributed by atoms with Gasteiger partial charge in [-0.25, -0.2) is 0 Å². The summed E-state index contributed by atoms with van der Waals surface area (Å²) in [6, 6.07) is 0.595. The molecule has 0 saturated heterocycles. The highest BCUT2D eigenvalue weighted by atomic mass is 16.3. The third kappa shape index (κ3) is 6.46. The first kappa shape index (κ1) is 15.9. The van der Waals surface area contributed by atoms with Crippen LogP contribution >= 0.6 is 0 Å². The van der Waals surface area contributed by atoms with Crippen molar-refractivity contribution in [2.75, 3.05) is 19.7 Å². The summed E-state index contributed by atoms with van der Waals surface area (Å²) in [5.41, 5.74) is 5.76. The first-order chi connectivity index (χ1) is 7.54. The third-order valence-corrected chi connectivity index (χ3v) is 3.08. The maximum atomic E-state index is 8.94. The Bertz CT molecular complexity index is 158. The summed E-state index contributed by atoms with van der Waals surface area (Å²) in [5.74, 6) is 0.686. The average Bonchev–Trinajstić information content (AvgIpc) is 2.26. The fourth-order valence-electron chi connectivity index (χ4n) is 2.12. The molecule has 0 aliphatic rings. The number of aliphatic hydroxyl groups excluding tert-OH is 1. The van der Waals surface area contributed by atoms with Crippen molar-refractivity contribution < 1.29 is 5.11 Å². The van der Waals surface area contributed by atoms with Crippen molar-refractivity contribution in [3.8, 4) is 0 Å². The van der Waals surface area contributed by atoms with Gasteiger partial charge in [0.05, 0.1) is 6.61 Å². The summed E-state index contributed by atoms with van der Waals surface area (Å²) < 4.78 is 0. The first-order valence-corrected chi connectivity index (χ1v) is 6.65. The molecule has 0 fully saturated rings. The molecule has 0 aliphatic carbocycles. The summed E-state index contributed by atoms with van der Waals surface area (Å²) in [5, 5.41) is 8.94. The van der Waals surface area contributed by atoms with E-state index in [2.05, 4.69) is 32.6 Å². The summed E-state index contributed by atoms with van der Waals surface area (Å²) in [7, 11) is 0. The molecule has 0 amide bonds. The molecule has 0 radical (unpaired) electrons. The van der Waals surface area contributed by atoms with Crippen molar-refractivity contribution in [2.24, 2.45) is 11.7 Å². The summed E-state index contributed by atoms with van der Waals surface area (Å²) in [4.78, 5) is 2.53. The molecule has 0 aromatic rings. The molecule has 0 heterocycles. The predicted octanol–water partition coefficient (Wildman–Crippen LogP) is 1.84. The van der Waals surface area contributed by atoms with Crippen molar-refractivity contribution in [3.05, 3.63) is 0 Å². The van der Waals surface area contributed by atoms with Crippen LogP contribution in [0, 0.1) is 5.92 Å². The van der Waals surface area contributed by atoms with E-state index in [1.165, 1.54) is 12.8 Å². The van der Waals surface area contributed by atoms with E-state index < -0.39 is 0 Å². The normalized spacial score (nSPS) is 14.1. The van der Waals surface area contributed by atoms with Gasteiger partial charge < -0.3 is 15.7 Å².